The fourth-order valence-electron chi connectivity index (χ4n) is 1.49. The van der Waals surface area contributed by atoms with Crippen LogP contribution in [0.25, 0.3) is 11.4 Å². The van der Waals surface area contributed by atoms with E-state index in [9.17, 15) is 9.18 Å². The summed E-state index contributed by atoms with van der Waals surface area (Å²) in [5.74, 6) is -0.466. The first-order chi connectivity index (χ1) is 7.68. The molecular formula is C11H10FN3O. The summed E-state index contributed by atoms with van der Waals surface area (Å²) in [6.07, 6.45) is 3.09. The van der Waals surface area contributed by atoms with Crippen LogP contribution in [-0.2, 0) is 11.3 Å². The number of nitrogens with two attached hydrogens (primary N) is 1. The van der Waals surface area contributed by atoms with E-state index in [1.807, 2.05) is 0 Å². The van der Waals surface area contributed by atoms with Gasteiger partial charge in [0.2, 0.25) is 5.91 Å². The standard InChI is InChI=1S/C11H10FN3O/c12-9-4-2-1-3-8(9)11-14-5-6-15(11)7-10(13)16/h1-6H,7H2,(H2,13,16). The van der Waals surface area contributed by atoms with Gasteiger partial charge in [0, 0.05) is 12.4 Å². The molecule has 2 rings (SSSR count). The number of amides is 1. The van der Waals surface area contributed by atoms with Crippen LogP contribution >= 0.6 is 0 Å². The van der Waals surface area contributed by atoms with Gasteiger partial charge in [0.1, 0.15) is 18.2 Å². The molecule has 0 saturated heterocycles. The maximum atomic E-state index is 13.5. The molecule has 4 nitrogen and oxygen atoms in total. The lowest BCUT2D eigenvalue weighted by molar-refractivity contribution is -0.118. The van der Waals surface area contributed by atoms with E-state index in [0.717, 1.165) is 0 Å². The Balaban J connectivity index is 2.45. The van der Waals surface area contributed by atoms with E-state index in [1.54, 1.807) is 24.4 Å². The summed E-state index contributed by atoms with van der Waals surface area (Å²) < 4.78 is 15.0. The molecule has 0 aliphatic heterocycles. The number of benzene rings is 1. The second-order valence-corrected chi connectivity index (χ2v) is 3.32. The smallest absolute Gasteiger partial charge is 0.237 e. The zero-order chi connectivity index (χ0) is 11.5. The molecule has 0 fully saturated rings. The number of aromatic nitrogens is 2. The number of hydrogen-bond acceptors (Lipinski definition) is 2. The Morgan fingerprint density at radius 1 is 1.44 bits per heavy atom. The number of carbonyl (C=O) groups excluding carboxylic acids is 1. The van der Waals surface area contributed by atoms with Crippen molar-refractivity contribution in [2.45, 2.75) is 6.54 Å². The van der Waals surface area contributed by atoms with E-state index >= 15 is 0 Å². The van der Waals surface area contributed by atoms with Gasteiger partial charge in [0.25, 0.3) is 0 Å². The number of halogens is 1. The summed E-state index contributed by atoms with van der Waals surface area (Å²) >= 11 is 0. The van der Waals surface area contributed by atoms with Crippen molar-refractivity contribution in [3.8, 4) is 11.4 Å². The molecule has 0 aliphatic carbocycles. The summed E-state index contributed by atoms with van der Waals surface area (Å²) in [4.78, 5) is 14.8. The first-order valence-corrected chi connectivity index (χ1v) is 4.73. The third-order valence-corrected chi connectivity index (χ3v) is 2.16. The van der Waals surface area contributed by atoms with Crippen LogP contribution in [-0.4, -0.2) is 15.5 Å². The summed E-state index contributed by atoms with van der Waals surface area (Å²) in [5, 5.41) is 0. The normalized spacial score (nSPS) is 10.3. The van der Waals surface area contributed by atoms with Gasteiger partial charge in [-0.3, -0.25) is 4.79 Å². The second kappa shape index (κ2) is 4.14. The van der Waals surface area contributed by atoms with E-state index in [-0.39, 0.29) is 12.4 Å². The number of primary amides is 1. The van der Waals surface area contributed by atoms with Crippen molar-refractivity contribution in [1.82, 2.24) is 9.55 Å². The second-order valence-electron chi connectivity index (χ2n) is 3.32. The van der Waals surface area contributed by atoms with E-state index in [0.29, 0.717) is 11.4 Å². The summed E-state index contributed by atoms with van der Waals surface area (Å²) in [7, 11) is 0. The maximum absolute atomic E-state index is 13.5. The lowest BCUT2D eigenvalue weighted by atomic mass is 10.2. The molecule has 0 radical (unpaired) electrons. The molecule has 0 unspecified atom stereocenters. The quantitative estimate of drug-likeness (QED) is 0.842. The molecule has 82 valence electrons. The average Bonchev–Trinajstić information content (AvgIpc) is 2.66. The van der Waals surface area contributed by atoms with Crippen molar-refractivity contribution < 1.29 is 9.18 Å². The van der Waals surface area contributed by atoms with E-state index in [4.69, 9.17) is 5.73 Å². The summed E-state index contributed by atoms with van der Waals surface area (Å²) in [6, 6.07) is 6.26. The van der Waals surface area contributed by atoms with Gasteiger partial charge in [-0.25, -0.2) is 9.37 Å². The molecule has 16 heavy (non-hydrogen) atoms. The van der Waals surface area contributed by atoms with Crippen molar-refractivity contribution in [2.75, 3.05) is 0 Å². The van der Waals surface area contributed by atoms with Crippen LogP contribution in [0.4, 0.5) is 4.39 Å². The van der Waals surface area contributed by atoms with E-state index in [1.165, 1.54) is 16.8 Å². The molecule has 1 amide bonds. The molecule has 0 spiro atoms. The monoisotopic (exact) mass is 219 g/mol. The van der Waals surface area contributed by atoms with Crippen molar-refractivity contribution in [3.63, 3.8) is 0 Å². The van der Waals surface area contributed by atoms with Gasteiger partial charge in [-0.2, -0.15) is 0 Å². The van der Waals surface area contributed by atoms with Crippen LogP contribution in [0.15, 0.2) is 36.7 Å². The van der Waals surface area contributed by atoms with Crippen LogP contribution in [0.3, 0.4) is 0 Å². The third kappa shape index (κ3) is 1.93. The molecule has 0 bridgehead atoms. The van der Waals surface area contributed by atoms with Gasteiger partial charge >= 0.3 is 0 Å². The Hall–Kier alpha value is -2.17. The summed E-state index contributed by atoms with van der Waals surface area (Å²) in [6.45, 7) is -0.0103. The lowest BCUT2D eigenvalue weighted by Crippen LogP contribution is -2.18. The molecule has 2 N–H and O–H groups in total. The Bertz CT molecular complexity index is 521. The van der Waals surface area contributed by atoms with E-state index < -0.39 is 5.91 Å². The zero-order valence-corrected chi connectivity index (χ0v) is 8.43. The first kappa shape index (κ1) is 10.4. The first-order valence-electron chi connectivity index (χ1n) is 4.73. The van der Waals surface area contributed by atoms with Gasteiger partial charge in [-0.05, 0) is 12.1 Å². The SMILES string of the molecule is NC(=O)Cn1ccnc1-c1ccccc1F. The molecule has 1 aromatic heterocycles. The molecule has 0 saturated carbocycles. The molecule has 2 aromatic rings. The van der Waals surface area contributed by atoms with Crippen LogP contribution in [0, 0.1) is 5.82 Å². The van der Waals surface area contributed by atoms with Crippen molar-refractivity contribution in [2.24, 2.45) is 5.73 Å². The van der Waals surface area contributed by atoms with Gasteiger partial charge in [-0.15, -0.1) is 0 Å². The fraction of sp³-hybridized carbons (Fsp3) is 0.0909. The Labute approximate surface area is 91.5 Å². The minimum Gasteiger partial charge on any atom is -0.368 e. The number of rotatable bonds is 3. The molecule has 1 aromatic carbocycles. The highest BCUT2D eigenvalue weighted by Crippen LogP contribution is 2.20. The molecule has 1 heterocycles. The van der Waals surface area contributed by atoms with Crippen LogP contribution in [0.1, 0.15) is 0 Å². The highest BCUT2D eigenvalue weighted by Gasteiger charge is 2.11. The number of hydrogen-bond donors (Lipinski definition) is 1. The van der Waals surface area contributed by atoms with Crippen LogP contribution in [0.5, 0.6) is 0 Å². The highest BCUT2D eigenvalue weighted by atomic mass is 19.1. The van der Waals surface area contributed by atoms with Gasteiger partial charge in [0.15, 0.2) is 0 Å². The maximum Gasteiger partial charge on any atom is 0.237 e. The van der Waals surface area contributed by atoms with Crippen molar-refractivity contribution in [1.29, 1.82) is 0 Å². The number of nitrogens with zero attached hydrogens (tertiary/aromatic N) is 2. The minimum atomic E-state index is -0.490. The lowest BCUT2D eigenvalue weighted by Gasteiger charge is -2.05. The Morgan fingerprint density at radius 3 is 2.88 bits per heavy atom. The van der Waals surface area contributed by atoms with Crippen molar-refractivity contribution >= 4 is 5.91 Å². The number of imidazole rings is 1. The fourth-order valence-corrected chi connectivity index (χ4v) is 1.49. The molecular weight excluding hydrogens is 209 g/mol. The van der Waals surface area contributed by atoms with Gasteiger partial charge in [0.05, 0.1) is 5.56 Å². The Kier molecular flexibility index (Phi) is 2.68. The molecule has 5 heteroatoms. The molecule has 0 atom stereocenters. The van der Waals surface area contributed by atoms with Crippen LogP contribution < -0.4 is 5.73 Å². The average molecular weight is 219 g/mol. The predicted molar refractivity (Wildman–Crippen MR) is 56.8 cm³/mol. The molecule has 0 aliphatic rings. The van der Waals surface area contributed by atoms with Crippen LogP contribution in [0.2, 0.25) is 0 Å². The highest BCUT2D eigenvalue weighted by molar-refractivity contribution is 5.74. The Morgan fingerprint density at radius 2 is 2.19 bits per heavy atom. The van der Waals surface area contributed by atoms with E-state index in [2.05, 4.69) is 4.98 Å². The van der Waals surface area contributed by atoms with Crippen molar-refractivity contribution in [3.05, 3.63) is 42.5 Å². The predicted octanol–water partition coefficient (Wildman–Crippen LogP) is 1.17. The third-order valence-electron chi connectivity index (χ3n) is 2.16. The largest absolute Gasteiger partial charge is 0.368 e. The topological polar surface area (TPSA) is 60.9 Å². The van der Waals surface area contributed by atoms with Gasteiger partial charge < -0.3 is 10.3 Å². The number of carbonyl (C=O) groups is 1. The summed E-state index contributed by atoms with van der Waals surface area (Å²) in [5.41, 5.74) is 5.44. The minimum absolute atomic E-state index is 0.0103. The zero-order valence-electron chi connectivity index (χ0n) is 8.43. The van der Waals surface area contributed by atoms with Gasteiger partial charge in [-0.1, -0.05) is 12.1 Å².